The number of pyridine rings is 1. The molecule has 0 aliphatic carbocycles. The molecule has 3 heterocycles. The molecular weight excluding hydrogens is 308 g/mol. The fraction of sp³-hybridized carbons (Fsp3) is 0.235. The van der Waals surface area contributed by atoms with E-state index in [1.807, 2.05) is 28.8 Å². The summed E-state index contributed by atoms with van der Waals surface area (Å²) in [7, 11) is 0. The van der Waals surface area contributed by atoms with Crippen LogP contribution in [-0.2, 0) is 6.54 Å². The zero-order chi connectivity index (χ0) is 16.4. The molecule has 0 atom stereocenters. The summed E-state index contributed by atoms with van der Waals surface area (Å²) in [6.07, 6.45) is 2.70. The molecule has 0 spiro atoms. The van der Waals surface area contributed by atoms with Crippen molar-refractivity contribution in [1.82, 2.24) is 19.9 Å². The van der Waals surface area contributed by atoms with Gasteiger partial charge in [-0.05, 0) is 30.3 Å². The van der Waals surface area contributed by atoms with Crippen LogP contribution < -0.4 is 14.8 Å². The van der Waals surface area contributed by atoms with Crippen LogP contribution in [0, 0.1) is 0 Å². The van der Waals surface area contributed by atoms with Gasteiger partial charge in [0.2, 0.25) is 0 Å². The number of fused-ring (bicyclic) bond motifs is 2. The fourth-order valence-electron chi connectivity index (χ4n) is 2.58. The van der Waals surface area contributed by atoms with E-state index in [9.17, 15) is 4.79 Å². The van der Waals surface area contributed by atoms with E-state index in [4.69, 9.17) is 9.47 Å². The molecule has 122 valence electrons. The Morgan fingerprint density at radius 2 is 2.00 bits per heavy atom. The van der Waals surface area contributed by atoms with Gasteiger partial charge in [-0.3, -0.25) is 9.20 Å². The molecule has 0 unspecified atom stereocenters. The van der Waals surface area contributed by atoms with Gasteiger partial charge < -0.3 is 14.8 Å². The summed E-state index contributed by atoms with van der Waals surface area (Å²) in [5, 5.41) is 11.0. The summed E-state index contributed by atoms with van der Waals surface area (Å²) in [6.45, 7) is 1.50. The van der Waals surface area contributed by atoms with Crippen LogP contribution in [0.3, 0.4) is 0 Å². The minimum absolute atomic E-state index is 0.196. The van der Waals surface area contributed by atoms with E-state index in [1.54, 1.807) is 18.2 Å². The van der Waals surface area contributed by atoms with Crippen LogP contribution in [0.5, 0.6) is 11.5 Å². The van der Waals surface area contributed by atoms with Crippen LogP contribution in [0.15, 0.2) is 42.6 Å². The van der Waals surface area contributed by atoms with Gasteiger partial charge in [0, 0.05) is 18.2 Å². The molecule has 0 radical (unpaired) electrons. The average molecular weight is 324 g/mol. The zero-order valence-corrected chi connectivity index (χ0v) is 12.9. The lowest BCUT2D eigenvalue weighted by Crippen LogP contribution is -2.24. The molecule has 3 aromatic rings. The topological polar surface area (TPSA) is 77.8 Å². The predicted molar refractivity (Wildman–Crippen MR) is 86.2 cm³/mol. The van der Waals surface area contributed by atoms with Crippen molar-refractivity contribution in [3.8, 4) is 11.5 Å². The second-order valence-electron chi connectivity index (χ2n) is 5.44. The summed E-state index contributed by atoms with van der Waals surface area (Å²) < 4.78 is 13.0. The number of amides is 1. The highest BCUT2D eigenvalue weighted by Gasteiger charge is 2.14. The number of nitrogens with zero attached hydrogens (tertiary/aromatic N) is 3. The minimum atomic E-state index is -0.196. The standard InChI is InChI=1S/C17H16N4O3/c22-17(12-5-6-13-14(10-12)24-9-3-8-23-13)18-11-16-20-19-15-4-1-2-7-21(15)16/h1-2,4-7,10H,3,8-9,11H2,(H,18,22). The lowest BCUT2D eigenvalue weighted by atomic mass is 10.2. The van der Waals surface area contributed by atoms with Crippen LogP contribution in [0.2, 0.25) is 0 Å². The first-order valence-electron chi connectivity index (χ1n) is 7.78. The Morgan fingerprint density at radius 3 is 2.92 bits per heavy atom. The molecule has 1 aromatic carbocycles. The molecule has 0 saturated heterocycles. The van der Waals surface area contributed by atoms with Crippen molar-refractivity contribution in [1.29, 1.82) is 0 Å². The molecule has 7 heteroatoms. The maximum atomic E-state index is 12.4. The van der Waals surface area contributed by atoms with Gasteiger partial charge >= 0.3 is 0 Å². The van der Waals surface area contributed by atoms with Crippen LogP contribution in [-0.4, -0.2) is 33.7 Å². The van der Waals surface area contributed by atoms with Crippen molar-refractivity contribution in [2.75, 3.05) is 13.2 Å². The van der Waals surface area contributed by atoms with Gasteiger partial charge in [0.1, 0.15) is 0 Å². The molecule has 0 fully saturated rings. The molecule has 0 bridgehead atoms. The van der Waals surface area contributed by atoms with E-state index in [1.165, 1.54) is 0 Å². The molecule has 2 aromatic heterocycles. The van der Waals surface area contributed by atoms with E-state index in [2.05, 4.69) is 15.5 Å². The number of carbonyl (C=O) groups is 1. The van der Waals surface area contributed by atoms with Gasteiger partial charge in [-0.1, -0.05) is 6.07 Å². The highest BCUT2D eigenvalue weighted by Crippen LogP contribution is 2.30. The van der Waals surface area contributed by atoms with Crippen LogP contribution >= 0.6 is 0 Å². The van der Waals surface area contributed by atoms with E-state index in [0.717, 1.165) is 12.1 Å². The minimum Gasteiger partial charge on any atom is -0.490 e. The third-order valence-corrected chi connectivity index (χ3v) is 3.80. The van der Waals surface area contributed by atoms with E-state index < -0.39 is 0 Å². The van der Waals surface area contributed by atoms with E-state index in [0.29, 0.717) is 42.6 Å². The molecule has 24 heavy (non-hydrogen) atoms. The second-order valence-corrected chi connectivity index (χ2v) is 5.44. The molecule has 1 N–H and O–H groups in total. The van der Waals surface area contributed by atoms with Crippen molar-refractivity contribution in [2.45, 2.75) is 13.0 Å². The van der Waals surface area contributed by atoms with Crippen molar-refractivity contribution >= 4 is 11.6 Å². The summed E-state index contributed by atoms with van der Waals surface area (Å²) in [5.74, 6) is 1.76. The number of hydrogen-bond acceptors (Lipinski definition) is 5. The quantitative estimate of drug-likeness (QED) is 0.795. The zero-order valence-electron chi connectivity index (χ0n) is 12.9. The van der Waals surface area contributed by atoms with Crippen molar-refractivity contribution < 1.29 is 14.3 Å². The Balaban J connectivity index is 1.49. The molecule has 1 amide bonds. The third kappa shape index (κ3) is 2.76. The smallest absolute Gasteiger partial charge is 0.251 e. The first-order valence-corrected chi connectivity index (χ1v) is 7.78. The number of nitrogens with one attached hydrogen (secondary N) is 1. The van der Waals surface area contributed by atoms with Gasteiger partial charge in [0.25, 0.3) is 5.91 Å². The number of hydrogen-bond donors (Lipinski definition) is 1. The van der Waals surface area contributed by atoms with E-state index in [-0.39, 0.29) is 5.91 Å². The van der Waals surface area contributed by atoms with Gasteiger partial charge in [-0.25, -0.2) is 0 Å². The first kappa shape index (κ1) is 14.5. The SMILES string of the molecule is O=C(NCc1nnc2ccccn12)c1ccc2c(c1)OCCCO2. The Labute approximate surface area is 138 Å². The summed E-state index contributed by atoms with van der Waals surface area (Å²) in [6, 6.07) is 10.8. The fourth-order valence-corrected chi connectivity index (χ4v) is 2.58. The number of ether oxygens (including phenoxy) is 2. The normalized spacial score (nSPS) is 13.5. The van der Waals surface area contributed by atoms with Crippen LogP contribution in [0.25, 0.3) is 5.65 Å². The Hall–Kier alpha value is -3.09. The Morgan fingerprint density at radius 1 is 1.12 bits per heavy atom. The lowest BCUT2D eigenvalue weighted by Gasteiger charge is -2.09. The van der Waals surface area contributed by atoms with Gasteiger partial charge in [0.15, 0.2) is 23.0 Å². The number of carbonyl (C=O) groups excluding carboxylic acids is 1. The Bertz CT molecular complexity index is 890. The Kier molecular flexibility index (Phi) is 3.74. The van der Waals surface area contributed by atoms with Crippen LogP contribution in [0.4, 0.5) is 0 Å². The molecule has 4 rings (SSSR count). The molecule has 1 aliphatic rings. The third-order valence-electron chi connectivity index (χ3n) is 3.80. The van der Waals surface area contributed by atoms with Gasteiger partial charge in [-0.15, -0.1) is 10.2 Å². The largest absolute Gasteiger partial charge is 0.490 e. The molecular formula is C17H16N4O3. The maximum Gasteiger partial charge on any atom is 0.251 e. The van der Waals surface area contributed by atoms with E-state index >= 15 is 0 Å². The van der Waals surface area contributed by atoms with Crippen molar-refractivity contribution in [3.05, 3.63) is 54.0 Å². The number of aromatic nitrogens is 3. The maximum absolute atomic E-state index is 12.4. The van der Waals surface area contributed by atoms with Gasteiger partial charge in [-0.2, -0.15) is 0 Å². The average Bonchev–Trinajstić information content (AvgIpc) is 2.88. The monoisotopic (exact) mass is 324 g/mol. The molecule has 7 nitrogen and oxygen atoms in total. The summed E-state index contributed by atoms with van der Waals surface area (Å²) in [5.41, 5.74) is 1.27. The van der Waals surface area contributed by atoms with Gasteiger partial charge in [0.05, 0.1) is 19.8 Å². The second kappa shape index (κ2) is 6.19. The molecule has 0 saturated carbocycles. The van der Waals surface area contributed by atoms with Crippen molar-refractivity contribution in [2.24, 2.45) is 0 Å². The highest BCUT2D eigenvalue weighted by molar-refractivity contribution is 5.94. The predicted octanol–water partition coefficient (Wildman–Crippen LogP) is 1.82. The molecule has 1 aliphatic heterocycles. The van der Waals surface area contributed by atoms with Crippen LogP contribution in [0.1, 0.15) is 22.6 Å². The summed E-state index contributed by atoms with van der Waals surface area (Å²) >= 11 is 0. The first-order chi connectivity index (χ1) is 11.8. The lowest BCUT2D eigenvalue weighted by molar-refractivity contribution is 0.0949. The number of rotatable bonds is 3. The highest BCUT2D eigenvalue weighted by atomic mass is 16.5. The number of benzene rings is 1. The van der Waals surface area contributed by atoms with Crippen molar-refractivity contribution in [3.63, 3.8) is 0 Å². The summed E-state index contributed by atoms with van der Waals surface area (Å²) in [4.78, 5) is 12.4.